The fourth-order valence-electron chi connectivity index (χ4n) is 9.20. The van der Waals surface area contributed by atoms with Crippen LogP contribution in [0.4, 0.5) is 0 Å². The van der Waals surface area contributed by atoms with E-state index in [-0.39, 0.29) is 31.9 Å². The Labute approximate surface area is 407 Å². The molecule has 6 heteroatoms. The van der Waals surface area contributed by atoms with Crippen LogP contribution in [-0.2, 0) is 20.1 Å². The molecule has 11 aromatic rings. The summed E-state index contributed by atoms with van der Waals surface area (Å²) in [5.74, 6) is 1.40. The summed E-state index contributed by atoms with van der Waals surface area (Å²) in [6, 6.07) is 61.4. The molecule has 0 amide bonds. The van der Waals surface area contributed by atoms with E-state index in [2.05, 4.69) is 190 Å². The summed E-state index contributed by atoms with van der Waals surface area (Å²) in [5, 5.41) is 7.95. The van der Waals surface area contributed by atoms with Crippen molar-refractivity contribution in [3.8, 4) is 39.5 Å². The van der Waals surface area contributed by atoms with Crippen LogP contribution in [0.1, 0.15) is 60.3 Å². The van der Waals surface area contributed by atoms with Gasteiger partial charge in [0, 0.05) is 41.5 Å². The van der Waals surface area contributed by atoms with Gasteiger partial charge in [0.1, 0.15) is 5.58 Å². The van der Waals surface area contributed by atoms with Gasteiger partial charge in [-0.1, -0.05) is 149 Å². The molecule has 0 saturated carbocycles. The van der Waals surface area contributed by atoms with Gasteiger partial charge < -0.3 is 14.0 Å². The van der Waals surface area contributed by atoms with Gasteiger partial charge in [-0.25, -0.2) is 0 Å². The topological polar surface area (TPSA) is 43.9 Å². The molecule has 1 radical (unpaired) electrons. The number of hydrogen-bond acceptors (Lipinski definition) is 3. The quantitative estimate of drug-likeness (QED) is 0.0908. The summed E-state index contributed by atoms with van der Waals surface area (Å²) in [7, 11) is -1.74. The predicted octanol–water partition coefficient (Wildman–Crippen LogP) is 16.0. The van der Waals surface area contributed by atoms with Crippen molar-refractivity contribution < 1.29 is 28.6 Å². The number of fused-ring (bicyclic) bond motifs is 7. The second-order valence-corrected chi connectivity index (χ2v) is 23.7. The minimum Gasteiger partial charge on any atom is -0.501 e. The molecule has 0 unspecified atom stereocenters. The molecule has 0 saturated heterocycles. The van der Waals surface area contributed by atoms with Crippen LogP contribution in [0, 0.1) is 19.0 Å². The molecule has 0 fully saturated rings. The smallest absolute Gasteiger partial charge is 0.121 e. The Morgan fingerprint density at radius 3 is 2.08 bits per heavy atom. The second-order valence-electron chi connectivity index (χ2n) is 18.6. The van der Waals surface area contributed by atoms with E-state index >= 15 is 0 Å². The fraction of sp³-hybridized carbons (Fsp3) is 0.167. The zero-order chi connectivity index (χ0) is 47.5. The largest absolute Gasteiger partial charge is 0.501 e. The Hall–Kier alpha value is -6.43. The van der Waals surface area contributed by atoms with E-state index in [9.17, 15) is 0 Å². The molecular formula is C60H53IrN3OSi-2. The molecule has 4 nitrogen and oxygen atoms in total. The van der Waals surface area contributed by atoms with Crippen molar-refractivity contribution in [1.82, 2.24) is 14.5 Å². The van der Waals surface area contributed by atoms with Gasteiger partial charge >= 0.3 is 0 Å². The van der Waals surface area contributed by atoms with Crippen LogP contribution < -0.4 is 5.19 Å². The minimum absolute atomic E-state index is 0. The number of furan rings is 1. The van der Waals surface area contributed by atoms with Gasteiger partial charge in [0.25, 0.3) is 0 Å². The Morgan fingerprint density at radius 1 is 0.636 bits per heavy atom. The van der Waals surface area contributed by atoms with Crippen molar-refractivity contribution in [2.45, 2.75) is 66.0 Å². The maximum absolute atomic E-state index is 7.77. The van der Waals surface area contributed by atoms with Crippen LogP contribution >= 0.6 is 0 Å². The molecule has 8 aromatic carbocycles. The summed E-state index contributed by atoms with van der Waals surface area (Å²) < 4.78 is 32.5. The Bertz CT molecular complexity index is 3640. The average Bonchev–Trinajstić information content (AvgIpc) is 3.91. The van der Waals surface area contributed by atoms with E-state index in [1.54, 1.807) is 18.3 Å². The monoisotopic (exact) mass is 1060 g/mol. The van der Waals surface area contributed by atoms with Crippen LogP contribution in [0.15, 0.2) is 168 Å². The number of imidazole rings is 1. The molecule has 0 aliphatic rings. The number of aryl methyl sites for hydroxylation is 1. The standard InChI is InChI=1S/C45H35N2O.C15H18NSi.Ir/c1-27(2)36-23-32(29-13-6-5-7-14-29)24-37(28(3)4)43(36)47-41-20-11-10-19-40(41)46-45(47)35-18-12-17-34-39-26-38-31(25-42(39)48-44(34)35)22-21-30-15-8-9-16-33(30)38;1-12-10-14(13-8-6-5-7-9-13)16-11-15(12)17(2,3)4;/h5-17,19-28H,1-4H3;5-8,10-11H,1-4H3;/q2*-1;/i;1D3;. The maximum atomic E-state index is 7.77. The Balaban J connectivity index is 0.000000238. The normalized spacial score (nSPS) is 12.7. The number of hydrogen-bond donors (Lipinski definition) is 0. The first-order chi connectivity index (χ1) is 32.7. The molecule has 0 aliphatic carbocycles. The SMILES string of the molecule is CC(C)c1cc(-c2ccccc2)cc(C(C)C)c1-n1c(-c2[c-]ccc3c2oc2cc4ccc5ccccc5c4cc23)nc2ccccc21.[2H]C([2H])([2H])c1cc(-c2[c-]cccc2)ncc1[Si](C)(C)C.[Ir]. The molecule has 0 aliphatic heterocycles. The summed E-state index contributed by atoms with van der Waals surface area (Å²) in [4.78, 5) is 9.77. The first-order valence-electron chi connectivity index (χ1n) is 24.0. The number of benzene rings is 8. The third kappa shape index (κ3) is 8.23. The predicted molar refractivity (Wildman–Crippen MR) is 277 cm³/mol. The second kappa shape index (κ2) is 18.1. The first-order valence-corrected chi connectivity index (χ1v) is 26.0. The van der Waals surface area contributed by atoms with Gasteiger partial charge in [0.2, 0.25) is 0 Å². The van der Waals surface area contributed by atoms with E-state index in [0.29, 0.717) is 11.3 Å². The van der Waals surface area contributed by atoms with Crippen molar-refractivity contribution in [3.63, 3.8) is 0 Å². The molecule has 0 spiro atoms. The van der Waals surface area contributed by atoms with Crippen LogP contribution in [0.2, 0.25) is 19.6 Å². The van der Waals surface area contributed by atoms with Gasteiger partial charge in [0.15, 0.2) is 0 Å². The summed E-state index contributed by atoms with van der Waals surface area (Å²) in [5.41, 5.74) is 12.7. The Kier molecular flexibility index (Phi) is 11.2. The van der Waals surface area contributed by atoms with Crippen molar-refractivity contribution >= 4 is 67.8 Å². The van der Waals surface area contributed by atoms with Gasteiger partial charge in [-0.15, -0.1) is 54.1 Å². The van der Waals surface area contributed by atoms with Gasteiger partial charge in [0.05, 0.1) is 30.5 Å². The van der Waals surface area contributed by atoms with Gasteiger partial charge in [-0.2, -0.15) is 0 Å². The van der Waals surface area contributed by atoms with Crippen LogP contribution in [0.5, 0.6) is 0 Å². The van der Waals surface area contributed by atoms with E-state index in [0.717, 1.165) is 55.1 Å². The maximum Gasteiger partial charge on any atom is 0.121 e. The molecule has 0 atom stereocenters. The molecule has 3 aromatic heterocycles. The minimum atomic E-state index is -2.11. The molecule has 66 heavy (non-hydrogen) atoms. The Morgan fingerprint density at radius 2 is 1.35 bits per heavy atom. The molecule has 3 heterocycles. The van der Waals surface area contributed by atoms with Crippen LogP contribution in [0.3, 0.4) is 0 Å². The first kappa shape index (κ1) is 41.0. The number of rotatable bonds is 7. The number of para-hydroxylation sites is 2. The summed E-state index contributed by atoms with van der Waals surface area (Å²) in [6.45, 7) is 13.4. The van der Waals surface area contributed by atoms with Gasteiger partial charge in [-0.3, -0.25) is 4.98 Å². The van der Waals surface area contributed by atoms with Crippen molar-refractivity contribution in [1.29, 1.82) is 0 Å². The summed E-state index contributed by atoms with van der Waals surface area (Å²) >= 11 is 0. The number of nitrogens with zero attached hydrogens (tertiary/aromatic N) is 3. The molecule has 11 rings (SSSR count). The molecule has 0 bridgehead atoms. The third-order valence-electron chi connectivity index (χ3n) is 12.5. The average molecular weight is 1060 g/mol. The van der Waals surface area contributed by atoms with E-state index in [1.165, 1.54) is 49.5 Å². The van der Waals surface area contributed by atoms with Crippen LogP contribution in [-0.4, -0.2) is 22.6 Å². The zero-order valence-corrected chi connectivity index (χ0v) is 41.7. The van der Waals surface area contributed by atoms with E-state index in [1.807, 2.05) is 24.3 Å². The van der Waals surface area contributed by atoms with Gasteiger partial charge in [-0.05, 0) is 110 Å². The number of aromatic nitrogens is 3. The van der Waals surface area contributed by atoms with Crippen molar-refractivity contribution in [2.75, 3.05) is 0 Å². The van der Waals surface area contributed by atoms with Crippen molar-refractivity contribution in [2.24, 2.45) is 0 Å². The molecular weight excluding hydrogens is 999 g/mol. The fourth-order valence-corrected chi connectivity index (χ4v) is 10.5. The summed E-state index contributed by atoms with van der Waals surface area (Å²) in [6.07, 6.45) is 1.74. The molecule has 329 valence electrons. The van der Waals surface area contributed by atoms with Crippen molar-refractivity contribution in [3.05, 3.63) is 193 Å². The zero-order valence-electron chi connectivity index (χ0n) is 41.3. The van der Waals surface area contributed by atoms with E-state index in [4.69, 9.17) is 13.5 Å². The third-order valence-corrected chi connectivity index (χ3v) is 14.5. The van der Waals surface area contributed by atoms with E-state index < -0.39 is 14.9 Å². The number of pyridine rings is 1. The molecule has 0 N–H and O–H groups in total. The van der Waals surface area contributed by atoms with Crippen LogP contribution in [0.25, 0.3) is 94.0 Å².